The summed E-state index contributed by atoms with van der Waals surface area (Å²) in [6, 6.07) is 12.2. The third kappa shape index (κ3) is 5.01. The van der Waals surface area contributed by atoms with E-state index in [1.54, 1.807) is 42.6 Å². The van der Waals surface area contributed by atoms with Gasteiger partial charge in [0.15, 0.2) is 5.69 Å². The largest absolute Gasteiger partial charge is 0.491 e. The number of ether oxygens (including phenoxy) is 2. The molecule has 2 aromatic heterocycles. The van der Waals surface area contributed by atoms with Gasteiger partial charge in [0.2, 0.25) is 0 Å². The molecule has 36 heavy (non-hydrogen) atoms. The van der Waals surface area contributed by atoms with Crippen molar-refractivity contribution in [3.05, 3.63) is 80.6 Å². The van der Waals surface area contributed by atoms with Crippen molar-refractivity contribution < 1.29 is 19.1 Å². The summed E-state index contributed by atoms with van der Waals surface area (Å²) in [6.45, 7) is 9.61. The number of nitrogens with zero attached hydrogens (tertiary/aromatic N) is 2. The van der Waals surface area contributed by atoms with Gasteiger partial charge in [-0.25, -0.2) is 4.79 Å². The van der Waals surface area contributed by atoms with Crippen molar-refractivity contribution in [3.63, 3.8) is 0 Å². The first-order valence-electron chi connectivity index (χ1n) is 11.6. The Kier molecular flexibility index (Phi) is 7.21. The number of nitrogens with one attached hydrogen (secondary N) is 1. The molecule has 1 N–H and O–H groups in total. The topological polar surface area (TPSA) is 99.5 Å². The SMILES string of the molecule is CCOC(=O)c1nn(-c2ccc(C)c(C)c2)c(=O)c2c(NC(=O)c3ccc(OC(C)C)cc3)scc12. The summed E-state index contributed by atoms with van der Waals surface area (Å²) in [6.07, 6.45) is 0.0175. The first-order valence-corrected chi connectivity index (χ1v) is 12.4. The molecule has 2 heterocycles. The third-order valence-electron chi connectivity index (χ3n) is 5.57. The molecule has 1 amide bonds. The molecular formula is C27H27N3O5S. The fourth-order valence-corrected chi connectivity index (χ4v) is 4.59. The summed E-state index contributed by atoms with van der Waals surface area (Å²) in [5.74, 6) is -0.373. The number of rotatable bonds is 7. The van der Waals surface area contributed by atoms with E-state index < -0.39 is 11.5 Å². The van der Waals surface area contributed by atoms with Crippen LogP contribution in [-0.2, 0) is 4.74 Å². The van der Waals surface area contributed by atoms with E-state index in [0.717, 1.165) is 22.5 Å². The zero-order valence-corrected chi connectivity index (χ0v) is 21.6. The maximum atomic E-state index is 13.6. The normalized spacial score (nSPS) is 11.1. The predicted molar refractivity (Wildman–Crippen MR) is 141 cm³/mol. The molecule has 0 fully saturated rings. The van der Waals surface area contributed by atoms with Crippen LogP contribution in [0.4, 0.5) is 5.00 Å². The Balaban J connectivity index is 1.79. The van der Waals surface area contributed by atoms with E-state index in [-0.39, 0.29) is 29.7 Å². The molecule has 0 saturated carbocycles. The van der Waals surface area contributed by atoms with Gasteiger partial charge >= 0.3 is 5.97 Å². The zero-order valence-electron chi connectivity index (χ0n) is 20.7. The number of esters is 1. The van der Waals surface area contributed by atoms with Crippen LogP contribution in [0.3, 0.4) is 0 Å². The highest BCUT2D eigenvalue weighted by Gasteiger charge is 2.23. The summed E-state index contributed by atoms with van der Waals surface area (Å²) < 4.78 is 12.0. The highest BCUT2D eigenvalue weighted by Crippen LogP contribution is 2.31. The van der Waals surface area contributed by atoms with E-state index in [2.05, 4.69) is 10.4 Å². The molecule has 0 aliphatic carbocycles. The lowest BCUT2D eigenvalue weighted by Gasteiger charge is -2.11. The van der Waals surface area contributed by atoms with Crippen LogP contribution in [0.15, 0.2) is 52.6 Å². The fourth-order valence-electron chi connectivity index (χ4n) is 3.66. The van der Waals surface area contributed by atoms with Crippen LogP contribution in [-0.4, -0.2) is 34.4 Å². The van der Waals surface area contributed by atoms with E-state index in [9.17, 15) is 14.4 Å². The van der Waals surface area contributed by atoms with Gasteiger partial charge in [-0.1, -0.05) is 6.07 Å². The molecule has 0 spiro atoms. The Hall–Kier alpha value is -3.98. The first kappa shape index (κ1) is 25.1. The number of aromatic nitrogens is 2. The van der Waals surface area contributed by atoms with Crippen molar-refractivity contribution in [2.75, 3.05) is 11.9 Å². The van der Waals surface area contributed by atoms with Gasteiger partial charge in [0, 0.05) is 16.3 Å². The molecule has 2 aromatic carbocycles. The van der Waals surface area contributed by atoms with Crippen LogP contribution in [0, 0.1) is 13.8 Å². The van der Waals surface area contributed by atoms with Crippen LogP contribution in [0.2, 0.25) is 0 Å². The average molecular weight is 506 g/mol. The molecule has 0 saturated heterocycles. The Morgan fingerprint density at radius 1 is 1.08 bits per heavy atom. The van der Waals surface area contributed by atoms with Crippen molar-refractivity contribution in [3.8, 4) is 11.4 Å². The summed E-state index contributed by atoms with van der Waals surface area (Å²) in [4.78, 5) is 39.3. The minimum atomic E-state index is -0.642. The standard InChI is InChI=1S/C27H27N3O5S/c1-6-34-27(33)23-21-14-36-25(28-24(31)18-8-11-20(12-9-18)35-15(2)3)22(21)26(32)30(29-23)19-10-7-16(4)17(5)13-19/h7-15H,6H2,1-5H3,(H,28,31). The van der Waals surface area contributed by atoms with Crippen molar-refractivity contribution in [2.45, 2.75) is 40.7 Å². The van der Waals surface area contributed by atoms with Crippen LogP contribution < -0.4 is 15.6 Å². The highest BCUT2D eigenvalue weighted by molar-refractivity contribution is 7.16. The lowest BCUT2D eigenvalue weighted by Crippen LogP contribution is -2.25. The van der Waals surface area contributed by atoms with Gasteiger partial charge in [0.05, 0.1) is 23.8 Å². The van der Waals surface area contributed by atoms with E-state index in [1.807, 2.05) is 39.8 Å². The molecule has 0 atom stereocenters. The molecule has 0 aliphatic rings. The van der Waals surface area contributed by atoms with Gasteiger partial charge in [0.1, 0.15) is 10.8 Å². The van der Waals surface area contributed by atoms with Crippen molar-refractivity contribution in [1.82, 2.24) is 9.78 Å². The van der Waals surface area contributed by atoms with Crippen molar-refractivity contribution in [2.24, 2.45) is 0 Å². The van der Waals surface area contributed by atoms with Gasteiger partial charge in [-0.3, -0.25) is 9.59 Å². The zero-order chi connectivity index (χ0) is 26.0. The number of carbonyl (C=O) groups is 2. The smallest absolute Gasteiger partial charge is 0.359 e. The second-order valence-electron chi connectivity index (χ2n) is 8.55. The van der Waals surface area contributed by atoms with Crippen LogP contribution in [0.5, 0.6) is 5.75 Å². The number of anilines is 1. The van der Waals surface area contributed by atoms with Crippen LogP contribution >= 0.6 is 11.3 Å². The number of hydrogen-bond acceptors (Lipinski definition) is 7. The lowest BCUT2D eigenvalue weighted by atomic mass is 10.1. The van der Waals surface area contributed by atoms with Gasteiger partial charge in [-0.2, -0.15) is 9.78 Å². The van der Waals surface area contributed by atoms with Gasteiger partial charge in [-0.05, 0) is 82.1 Å². The molecule has 0 aliphatic heterocycles. The minimum absolute atomic E-state index is 0.0108. The molecule has 4 rings (SSSR count). The number of carbonyl (C=O) groups excluding carboxylic acids is 2. The molecule has 4 aromatic rings. The van der Waals surface area contributed by atoms with E-state index in [4.69, 9.17) is 9.47 Å². The van der Waals surface area contributed by atoms with Gasteiger partial charge in [-0.15, -0.1) is 11.3 Å². The second kappa shape index (κ2) is 10.3. The van der Waals surface area contributed by atoms with E-state index in [0.29, 0.717) is 27.4 Å². The van der Waals surface area contributed by atoms with E-state index >= 15 is 0 Å². The molecule has 0 bridgehead atoms. The van der Waals surface area contributed by atoms with Crippen molar-refractivity contribution in [1.29, 1.82) is 0 Å². The number of thiophene rings is 1. The molecule has 186 valence electrons. The summed E-state index contributed by atoms with van der Waals surface area (Å²) in [7, 11) is 0. The molecule has 0 unspecified atom stereocenters. The Morgan fingerprint density at radius 2 is 1.81 bits per heavy atom. The summed E-state index contributed by atoms with van der Waals surface area (Å²) in [5, 5.41) is 9.67. The van der Waals surface area contributed by atoms with Gasteiger partial charge in [0.25, 0.3) is 11.5 Å². The highest BCUT2D eigenvalue weighted by atomic mass is 32.1. The number of fused-ring (bicyclic) bond motifs is 1. The molecule has 8 nitrogen and oxygen atoms in total. The maximum Gasteiger partial charge on any atom is 0.359 e. The summed E-state index contributed by atoms with van der Waals surface area (Å²) >= 11 is 1.15. The monoisotopic (exact) mass is 505 g/mol. The molecular weight excluding hydrogens is 478 g/mol. The molecule has 9 heteroatoms. The Bertz CT molecular complexity index is 1500. The molecule has 0 radical (unpaired) electrons. The Morgan fingerprint density at radius 3 is 2.44 bits per heavy atom. The lowest BCUT2D eigenvalue weighted by molar-refractivity contribution is 0.0520. The maximum absolute atomic E-state index is 13.6. The number of benzene rings is 2. The minimum Gasteiger partial charge on any atom is -0.491 e. The van der Waals surface area contributed by atoms with E-state index in [1.165, 1.54) is 4.68 Å². The summed E-state index contributed by atoms with van der Waals surface area (Å²) in [5.41, 5.74) is 2.52. The number of hydrogen-bond donors (Lipinski definition) is 1. The fraction of sp³-hybridized carbons (Fsp3) is 0.259. The van der Waals surface area contributed by atoms with Crippen molar-refractivity contribution >= 4 is 39.0 Å². The predicted octanol–water partition coefficient (Wildman–Crippen LogP) is 5.28. The van der Waals surface area contributed by atoms with Gasteiger partial charge < -0.3 is 14.8 Å². The number of amides is 1. The Labute approximate surface area is 212 Å². The average Bonchev–Trinajstić information content (AvgIpc) is 3.25. The third-order valence-corrected chi connectivity index (χ3v) is 6.47. The van der Waals surface area contributed by atoms with Crippen LogP contribution in [0.1, 0.15) is 52.7 Å². The number of aryl methyl sites for hydroxylation is 2. The first-order chi connectivity index (χ1) is 17.2. The van der Waals surface area contributed by atoms with Crippen LogP contribution in [0.25, 0.3) is 16.5 Å². The quantitative estimate of drug-likeness (QED) is 0.343. The second-order valence-corrected chi connectivity index (χ2v) is 9.43.